The highest BCUT2D eigenvalue weighted by Gasteiger charge is 2.05. The first-order valence-electron chi connectivity index (χ1n) is 20.0. The van der Waals surface area contributed by atoms with E-state index in [0.717, 1.165) is 25.4 Å². The summed E-state index contributed by atoms with van der Waals surface area (Å²) in [5.74, 6) is 0. The maximum absolute atomic E-state index is 10.2. The third-order valence-electron chi connectivity index (χ3n) is 9.44. The molecule has 0 atom stereocenters. The predicted octanol–water partition coefficient (Wildman–Crippen LogP) is 14.3. The van der Waals surface area contributed by atoms with Crippen LogP contribution in [0.4, 0.5) is 0 Å². The molecule has 0 fully saturated rings. The van der Waals surface area contributed by atoms with E-state index in [9.17, 15) is 5.11 Å². The molecule has 0 amide bonds. The second-order valence-corrected chi connectivity index (χ2v) is 13.8. The van der Waals surface area contributed by atoms with Crippen molar-refractivity contribution in [1.29, 1.82) is 0 Å². The number of aliphatic hydroxyl groups is 2. The van der Waals surface area contributed by atoms with Gasteiger partial charge < -0.3 is 10.2 Å². The topological polar surface area (TPSA) is 40.5 Å². The van der Waals surface area contributed by atoms with E-state index in [0.29, 0.717) is 6.61 Å². The minimum Gasteiger partial charge on any atom is -0.396 e. The van der Waals surface area contributed by atoms with E-state index in [1.54, 1.807) is 0 Å². The molecule has 0 unspecified atom stereocenters. The van der Waals surface area contributed by atoms with Crippen molar-refractivity contribution in [3.63, 3.8) is 0 Å². The zero-order valence-corrected chi connectivity index (χ0v) is 29.3. The molecule has 0 aliphatic heterocycles. The Kier molecular flexibility index (Phi) is 38.9. The van der Waals surface area contributed by atoms with Crippen LogP contribution >= 0.6 is 0 Å². The lowest BCUT2D eigenvalue weighted by atomic mass is 10.0. The minimum absolute atomic E-state index is 0.364. The average Bonchev–Trinajstić information content (AvgIpc) is 3.00. The van der Waals surface area contributed by atoms with E-state index < -0.39 is 0 Å². The van der Waals surface area contributed by atoms with Crippen molar-refractivity contribution < 1.29 is 10.2 Å². The Labute approximate surface area is 267 Å². The monoisotopic (exact) mass is 594 g/mol. The molecule has 2 heteroatoms. The highest BCUT2D eigenvalue weighted by molar-refractivity contribution is 4.74. The van der Waals surface area contributed by atoms with Crippen molar-refractivity contribution in [3.8, 4) is 0 Å². The van der Waals surface area contributed by atoms with Crippen molar-refractivity contribution in [2.75, 3.05) is 6.61 Å². The van der Waals surface area contributed by atoms with Crippen molar-refractivity contribution in [3.05, 3.63) is 6.10 Å². The van der Waals surface area contributed by atoms with Crippen molar-refractivity contribution >= 4 is 0 Å². The first kappa shape index (κ1) is 41.9. The van der Waals surface area contributed by atoms with Crippen LogP contribution in [-0.4, -0.2) is 16.8 Å². The van der Waals surface area contributed by atoms with Crippen LogP contribution < -0.4 is 0 Å². The third kappa shape index (κ3) is 37.9. The van der Waals surface area contributed by atoms with E-state index in [-0.39, 0.29) is 0 Å². The molecule has 2 nitrogen and oxygen atoms in total. The molecule has 0 aliphatic carbocycles. The molecular formula is C40H81O2. The van der Waals surface area contributed by atoms with Crippen LogP contribution in [0, 0.1) is 6.10 Å². The SMILES string of the molecule is CCCCCCCCCCCCCCCCCCCC[C](O)CCCCCCCCCCCCCCCCCCCO. The Hall–Kier alpha value is -0.0800. The molecule has 253 valence electrons. The molecule has 0 spiro atoms. The van der Waals surface area contributed by atoms with Crippen LogP contribution in [0.5, 0.6) is 0 Å². The molecular weight excluding hydrogens is 512 g/mol. The van der Waals surface area contributed by atoms with Crippen LogP contribution in [0.1, 0.15) is 244 Å². The molecule has 0 bridgehead atoms. The summed E-state index contributed by atoms with van der Waals surface area (Å²) in [7, 11) is 0. The van der Waals surface area contributed by atoms with Gasteiger partial charge in [0.1, 0.15) is 0 Å². The molecule has 0 aliphatic rings. The molecule has 2 N–H and O–H groups in total. The quantitative estimate of drug-likeness (QED) is 0.0699. The second-order valence-electron chi connectivity index (χ2n) is 13.8. The third-order valence-corrected chi connectivity index (χ3v) is 9.44. The van der Waals surface area contributed by atoms with Crippen molar-refractivity contribution in [2.45, 2.75) is 244 Å². The van der Waals surface area contributed by atoms with Gasteiger partial charge in [-0.25, -0.2) is 0 Å². The Balaban J connectivity index is 3.13. The first-order valence-corrected chi connectivity index (χ1v) is 20.0. The van der Waals surface area contributed by atoms with Gasteiger partial charge in [-0.15, -0.1) is 0 Å². The van der Waals surface area contributed by atoms with Gasteiger partial charge in [0.15, 0.2) is 0 Å². The van der Waals surface area contributed by atoms with Gasteiger partial charge in [-0.1, -0.05) is 225 Å². The fraction of sp³-hybridized carbons (Fsp3) is 0.975. The zero-order valence-electron chi connectivity index (χ0n) is 29.3. The fourth-order valence-corrected chi connectivity index (χ4v) is 6.45. The van der Waals surface area contributed by atoms with Crippen molar-refractivity contribution in [1.82, 2.24) is 0 Å². The number of unbranched alkanes of at least 4 members (excludes halogenated alkanes) is 33. The van der Waals surface area contributed by atoms with Gasteiger partial charge in [0, 0.05) is 6.61 Å². The Morgan fingerprint density at radius 3 is 0.690 bits per heavy atom. The molecule has 0 aromatic carbocycles. The Morgan fingerprint density at radius 1 is 0.286 bits per heavy atom. The Bertz CT molecular complexity index is 411. The van der Waals surface area contributed by atoms with E-state index >= 15 is 0 Å². The fourth-order valence-electron chi connectivity index (χ4n) is 6.45. The van der Waals surface area contributed by atoms with Crippen LogP contribution in [0.3, 0.4) is 0 Å². The number of rotatable bonds is 38. The molecule has 0 heterocycles. The average molecular weight is 594 g/mol. The van der Waals surface area contributed by atoms with Crippen LogP contribution in [-0.2, 0) is 0 Å². The second kappa shape index (κ2) is 38.9. The maximum atomic E-state index is 10.2. The standard InChI is InChI=1S/C40H81O2/c1-2-3-4-5-6-7-8-9-10-11-13-16-19-22-25-28-31-34-37-40(42)38-35-32-29-26-23-20-17-14-12-15-18-21-24-27-30-33-36-39-41/h41-42H,2-39H2,1H3. The highest BCUT2D eigenvalue weighted by Crippen LogP contribution is 2.20. The predicted molar refractivity (Wildman–Crippen MR) is 189 cm³/mol. The molecule has 0 saturated heterocycles. The highest BCUT2D eigenvalue weighted by atomic mass is 16.3. The van der Waals surface area contributed by atoms with Gasteiger partial charge in [-0.2, -0.15) is 0 Å². The van der Waals surface area contributed by atoms with E-state index in [2.05, 4.69) is 6.92 Å². The van der Waals surface area contributed by atoms with Gasteiger partial charge in [0.2, 0.25) is 0 Å². The summed E-state index contributed by atoms with van der Waals surface area (Å²) in [6.45, 7) is 2.66. The van der Waals surface area contributed by atoms with Crippen LogP contribution in [0.2, 0.25) is 0 Å². The summed E-state index contributed by atoms with van der Waals surface area (Å²) in [5, 5.41) is 19.0. The lowest BCUT2D eigenvalue weighted by molar-refractivity contribution is 0.257. The maximum Gasteiger partial charge on any atom is 0.0933 e. The molecule has 0 aromatic heterocycles. The summed E-state index contributed by atoms with van der Waals surface area (Å²) < 4.78 is 0. The van der Waals surface area contributed by atoms with E-state index in [4.69, 9.17) is 5.11 Å². The molecule has 0 rings (SSSR count). The molecule has 0 aromatic rings. The van der Waals surface area contributed by atoms with Crippen LogP contribution in [0.25, 0.3) is 0 Å². The number of hydrogen-bond acceptors (Lipinski definition) is 2. The summed E-state index contributed by atoms with van der Waals surface area (Å²) in [5.41, 5.74) is 0. The summed E-state index contributed by atoms with van der Waals surface area (Å²) in [6.07, 6.45) is 51.0. The van der Waals surface area contributed by atoms with E-state index in [1.165, 1.54) is 218 Å². The van der Waals surface area contributed by atoms with Gasteiger partial charge in [-0.05, 0) is 19.3 Å². The largest absolute Gasteiger partial charge is 0.396 e. The van der Waals surface area contributed by atoms with E-state index in [1.807, 2.05) is 0 Å². The number of aliphatic hydroxyl groups excluding tert-OH is 2. The Morgan fingerprint density at radius 2 is 0.476 bits per heavy atom. The number of hydrogen-bond donors (Lipinski definition) is 2. The molecule has 1 radical (unpaired) electrons. The summed E-state index contributed by atoms with van der Waals surface area (Å²) >= 11 is 0. The lowest BCUT2D eigenvalue weighted by Gasteiger charge is -2.09. The van der Waals surface area contributed by atoms with Gasteiger partial charge in [-0.3, -0.25) is 0 Å². The summed E-state index contributed by atoms with van der Waals surface area (Å²) in [4.78, 5) is 0. The molecule has 0 saturated carbocycles. The smallest absolute Gasteiger partial charge is 0.0933 e. The summed E-state index contributed by atoms with van der Waals surface area (Å²) in [6, 6.07) is 0. The normalized spacial score (nSPS) is 11.7. The van der Waals surface area contributed by atoms with Gasteiger partial charge in [0.25, 0.3) is 0 Å². The van der Waals surface area contributed by atoms with Crippen LogP contribution in [0.15, 0.2) is 0 Å². The zero-order chi connectivity index (χ0) is 30.4. The first-order chi connectivity index (χ1) is 20.8. The van der Waals surface area contributed by atoms with Gasteiger partial charge in [0.05, 0.1) is 6.10 Å². The van der Waals surface area contributed by atoms with Crippen molar-refractivity contribution in [2.24, 2.45) is 0 Å². The molecule has 42 heavy (non-hydrogen) atoms. The lowest BCUT2D eigenvalue weighted by Crippen LogP contribution is -1.96. The minimum atomic E-state index is 0.364. The van der Waals surface area contributed by atoms with Gasteiger partial charge >= 0.3 is 0 Å².